The molecule has 2 bridgehead atoms. The van der Waals surface area contributed by atoms with Gasteiger partial charge in [0.25, 0.3) is 5.91 Å². The Bertz CT molecular complexity index is 618. The number of nitrogens with zero attached hydrogens (tertiary/aromatic N) is 2. The molecule has 24 heavy (non-hydrogen) atoms. The molecule has 2 fully saturated rings. The first-order chi connectivity index (χ1) is 11.3. The fourth-order valence-electron chi connectivity index (χ4n) is 3.51. The lowest BCUT2D eigenvalue weighted by Gasteiger charge is -2.34. The molecule has 0 radical (unpaired) electrons. The Kier molecular flexibility index (Phi) is 4.63. The van der Waals surface area contributed by atoms with Crippen molar-refractivity contribution in [3.8, 4) is 0 Å². The second-order valence-electron chi connectivity index (χ2n) is 7.84. The third-order valence-corrected chi connectivity index (χ3v) is 5.08. The van der Waals surface area contributed by atoms with Gasteiger partial charge in [-0.1, -0.05) is 32.9 Å². The topological polar surface area (TPSA) is 52.7 Å². The largest absolute Gasteiger partial charge is 0.343 e. The van der Waals surface area contributed by atoms with Crippen molar-refractivity contribution >= 4 is 11.8 Å². The molecule has 130 valence electrons. The van der Waals surface area contributed by atoms with Crippen LogP contribution in [0, 0.1) is 0 Å². The summed E-state index contributed by atoms with van der Waals surface area (Å²) in [5, 5.41) is 2.77. The smallest absolute Gasteiger partial charge is 0.251 e. The Balaban J connectivity index is 1.54. The zero-order chi connectivity index (χ0) is 17.3. The first-order valence-corrected chi connectivity index (χ1v) is 8.75. The highest BCUT2D eigenvalue weighted by Crippen LogP contribution is 2.22. The molecule has 0 aromatic heterocycles. The van der Waals surface area contributed by atoms with Crippen LogP contribution in [0.4, 0.5) is 0 Å². The van der Waals surface area contributed by atoms with Crippen LogP contribution in [0.3, 0.4) is 0 Å². The van der Waals surface area contributed by atoms with Crippen LogP contribution in [0.25, 0.3) is 0 Å². The fraction of sp³-hybridized carbons (Fsp3) is 0.579. The molecule has 0 aliphatic carbocycles. The van der Waals surface area contributed by atoms with Gasteiger partial charge in [-0.05, 0) is 29.5 Å². The van der Waals surface area contributed by atoms with Gasteiger partial charge in [0, 0.05) is 37.8 Å². The number of rotatable bonds is 3. The second-order valence-corrected chi connectivity index (χ2v) is 7.84. The maximum absolute atomic E-state index is 12.4. The molecule has 5 heteroatoms. The highest BCUT2D eigenvalue weighted by Gasteiger charge is 2.34. The van der Waals surface area contributed by atoms with E-state index in [1.807, 2.05) is 29.2 Å². The van der Waals surface area contributed by atoms with E-state index in [0.29, 0.717) is 11.6 Å². The molecule has 2 unspecified atom stereocenters. The Morgan fingerprint density at radius 2 is 1.83 bits per heavy atom. The van der Waals surface area contributed by atoms with Crippen molar-refractivity contribution < 1.29 is 9.59 Å². The number of fused-ring (bicyclic) bond motifs is 2. The third-order valence-electron chi connectivity index (χ3n) is 5.08. The van der Waals surface area contributed by atoms with Crippen LogP contribution in [0.1, 0.15) is 43.1 Å². The van der Waals surface area contributed by atoms with Gasteiger partial charge in [0.05, 0.1) is 6.54 Å². The number of benzene rings is 1. The molecule has 2 amide bonds. The van der Waals surface area contributed by atoms with Crippen molar-refractivity contribution in [1.29, 1.82) is 0 Å². The minimum Gasteiger partial charge on any atom is -0.343 e. The molecular weight excluding hydrogens is 302 g/mol. The monoisotopic (exact) mass is 329 g/mol. The van der Waals surface area contributed by atoms with Gasteiger partial charge in [0.2, 0.25) is 5.91 Å². The van der Waals surface area contributed by atoms with Crippen LogP contribution in [0.5, 0.6) is 0 Å². The lowest BCUT2D eigenvalue weighted by atomic mass is 9.87. The summed E-state index contributed by atoms with van der Waals surface area (Å²) in [6.45, 7) is 10.3. The highest BCUT2D eigenvalue weighted by atomic mass is 16.2. The van der Waals surface area contributed by atoms with E-state index in [9.17, 15) is 9.59 Å². The Labute approximate surface area is 144 Å². The van der Waals surface area contributed by atoms with Crippen LogP contribution in [0.2, 0.25) is 0 Å². The van der Waals surface area contributed by atoms with Gasteiger partial charge in [-0.3, -0.25) is 14.5 Å². The predicted molar refractivity (Wildman–Crippen MR) is 94.0 cm³/mol. The number of hydrogen-bond acceptors (Lipinski definition) is 3. The van der Waals surface area contributed by atoms with Crippen molar-refractivity contribution in [3.63, 3.8) is 0 Å². The number of nitrogens with one attached hydrogen (secondary N) is 1. The van der Waals surface area contributed by atoms with E-state index >= 15 is 0 Å². The average molecular weight is 329 g/mol. The summed E-state index contributed by atoms with van der Waals surface area (Å²) < 4.78 is 0. The molecule has 1 aromatic carbocycles. The molecule has 2 aliphatic rings. The van der Waals surface area contributed by atoms with Crippen molar-refractivity contribution in [3.05, 3.63) is 35.4 Å². The highest BCUT2D eigenvalue weighted by molar-refractivity contribution is 5.96. The molecule has 1 aromatic rings. The molecule has 3 rings (SSSR count). The molecule has 2 atom stereocenters. The van der Waals surface area contributed by atoms with E-state index in [1.54, 1.807) is 0 Å². The van der Waals surface area contributed by atoms with Gasteiger partial charge < -0.3 is 10.2 Å². The fourth-order valence-corrected chi connectivity index (χ4v) is 3.51. The Morgan fingerprint density at radius 3 is 2.50 bits per heavy atom. The molecule has 2 aliphatic heterocycles. The SMILES string of the molecule is CC(C)(C)c1ccc(C(=O)NCC(=O)N2CCN3CCC2C3)cc1. The molecule has 2 saturated heterocycles. The lowest BCUT2D eigenvalue weighted by Crippen LogP contribution is -2.52. The van der Waals surface area contributed by atoms with Crippen molar-refractivity contribution in [2.75, 3.05) is 32.7 Å². The molecule has 2 heterocycles. The quantitative estimate of drug-likeness (QED) is 0.917. The van der Waals surface area contributed by atoms with E-state index in [4.69, 9.17) is 0 Å². The molecule has 1 N–H and O–H groups in total. The molecule has 0 spiro atoms. The maximum Gasteiger partial charge on any atom is 0.251 e. The van der Waals surface area contributed by atoms with Crippen molar-refractivity contribution in [1.82, 2.24) is 15.1 Å². The van der Waals surface area contributed by atoms with E-state index < -0.39 is 0 Å². The van der Waals surface area contributed by atoms with Gasteiger partial charge >= 0.3 is 0 Å². The van der Waals surface area contributed by atoms with Crippen LogP contribution >= 0.6 is 0 Å². The summed E-state index contributed by atoms with van der Waals surface area (Å²) >= 11 is 0. The second kappa shape index (κ2) is 6.55. The molecular formula is C19H27N3O2. The average Bonchev–Trinajstić information content (AvgIpc) is 2.92. The first-order valence-electron chi connectivity index (χ1n) is 8.75. The van der Waals surface area contributed by atoms with E-state index in [-0.39, 0.29) is 23.8 Å². The summed E-state index contributed by atoms with van der Waals surface area (Å²) in [4.78, 5) is 29.0. The van der Waals surface area contributed by atoms with Gasteiger partial charge in [-0.25, -0.2) is 0 Å². The number of carbonyl (C=O) groups is 2. The Morgan fingerprint density at radius 1 is 1.12 bits per heavy atom. The third kappa shape index (κ3) is 3.61. The van der Waals surface area contributed by atoms with Crippen molar-refractivity contribution in [2.24, 2.45) is 0 Å². The normalized spacial score (nSPS) is 23.2. The zero-order valence-electron chi connectivity index (χ0n) is 14.8. The van der Waals surface area contributed by atoms with Crippen molar-refractivity contribution in [2.45, 2.75) is 38.6 Å². The number of piperazine rings is 1. The summed E-state index contributed by atoms with van der Waals surface area (Å²) in [5.41, 5.74) is 1.85. The number of amides is 2. The van der Waals surface area contributed by atoms with E-state index in [2.05, 4.69) is 31.0 Å². The van der Waals surface area contributed by atoms with E-state index in [0.717, 1.165) is 32.6 Å². The van der Waals surface area contributed by atoms with Gasteiger partial charge in [0.15, 0.2) is 0 Å². The zero-order valence-corrected chi connectivity index (χ0v) is 14.8. The van der Waals surface area contributed by atoms with Gasteiger partial charge in [-0.2, -0.15) is 0 Å². The van der Waals surface area contributed by atoms with Gasteiger partial charge in [0.1, 0.15) is 0 Å². The van der Waals surface area contributed by atoms with E-state index in [1.165, 1.54) is 5.56 Å². The summed E-state index contributed by atoms with van der Waals surface area (Å²) in [7, 11) is 0. The maximum atomic E-state index is 12.4. The lowest BCUT2D eigenvalue weighted by molar-refractivity contribution is -0.133. The first kappa shape index (κ1) is 17.0. The van der Waals surface area contributed by atoms with Crippen LogP contribution in [0.15, 0.2) is 24.3 Å². The van der Waals surface area contributed by atoms with Crippen LogP contribution < -0.4 is 5.32 Å². The summed E-state index contributed by atoms with van der Waals surface area (Å²) in [6, 6.07) is 7.95. The summed E-state index contributed by atoms with van der Waals surface area (Å²) in [6.07, 6.45) is 1.05. The standard InChI is InChI=1S/C19H27N3O2/c1-19(2,3)15-6-4-14(5-7-15)18(24)20-12-17(23)22-11-10-21-9-8-16(22)13-21/h4-7,16H,8-13H2,1-3H3,(H,20,24). The van der Waals surface area contributed by atoms with Crippen LogP contribution in [-0.2, 0) is 10.2 Å². The summed E-state index contributed by atoms with van der Waals surface area (Å²) in [5.74, 6) is -0.157. The molecule has 0 saturated carbocycles. The minimum atomic E-state index is -0.186. The predicted octanol–water partition coefficient (Wildman–Crippen LogP) is 1.63. The Hall–Kier alpha value is -1.88. The number of carbonyl (C=O) groups excluding carboxylic acids is 2. The minimum absolute atomic E-state index is 0.0289. The number of hydrogen-bond donors (Lipinski definition) is 1. The molecule has 5 nitrogen and oxygen atoms in total. The van der Waals surface area contributed by atoms with Crippen LogP contribution in [-0.4, -0.2) is 60.4 Å². The van der Waals surface area contributed by atoms with Gasteiger partial charge in [-0.15, -0.1) is 0 Å².